The molecular formula is C11H9IN2O4. The quantitative estimate of drug-likeness (QED) is 0.603. The van der Waals surface area contributed by atoms with E-state index in [1.54, 1.807) is 12.1 Å². The molecular weight excluding hydrogens is 351 g/mol. The van der Waals surface area contributed by atoms with E-state index in [1.807, 2.05) is 22.6 Å². The number of halogens is 1. The lowest BCUT2D eigenvalue weighted by Gasteiger charge is -2.08. The van der Waals surface area contributed by atoms with Crippen LogP contribution in [0.1, 0.15) is 10.4 Å². The number of nitriles is 1. The topological polar surface area (TPSA) is 99.4 Å². The maximum absolute atomic E-state index is 11.2. The first-order valence-corrected chi connectivity index (χ1v) is 5.91. The number of rotatable bonds is 5. The summed E-state index contributed by atoms with van der Waals surface area (Å²) in [7, 11) is 0. The number of ether oxygens (including phenoxy) is 1. The van der Waals surface area contributed by atoms with Gasteiger partial charge in [-0.1, -0.05) is 0 Å². The standard InChI is InChI=1S/C11H9IN2O4/c12-8-2-1-7(11(16)17)5-9(8)18-6-10(15)14-4-3-13/h1-2,5H,4,6H2,(H,14,15)(H,16,17). The molecule has 18 heavy (non-hydrogen) atoms. The van der Waals surface area contributed by atoms with Crippen molar-refractivity contribution in [3.05, 3.63) is 27.3 Å². The Morgan fingerprint density at radius 3 is 2.83 bits per heavy atom. The van der Waals surface area contributed by atoms with Crippen LogP contribution >= 0.6 is 22.6 Å². The van der Waals surface area contributed by atoms with E-state index in [2.05, 4.69) is 5.32 Å². The molecule has 2 N–H and O–H groups in total. The molecule has 0 aromatic heterocycles. The molecule has 7 heteroatoms. The summed E-state index contributed by atoms with van der Waals surface area (Å²) in [6.45, 7) is -0.352. The first-order valence-electron chi connectivity index (χ1n) is 4.84. The highest BCUT2D eigenvalue weighted by Gasteiger charge is 2.09. The van der Waals surface area contributed by atoms with Gasteiger partial charge < -0.3 is 15.2 Å². The molecule has 0 saturated carbocycles. The molecule has 1 aromatic rings. The van der Waals surface area contributed by atoms with E-state index in [0.29, 0.717) is 9.32 Å². The zero-order chi connectivity index (χ0) is 13.5. The molecule has 0 atom stereocenters. The SMILES string of the molecule is N#CCNC(=O)COc1cc(C(=O)O)ccc1I. The highest BCUT2D eigenvalue weighted by atomic mass is 127. The van der Waals surface area contributed by atoms with Gasteiger partial charge >= 0.3 is 5.97 Å². The number of amides is 1. The number of nitrogens with zero attached hydrogens (tertiary/aromatic N) is 1. The van der Waals surface area contributed by atoms with Crippen molar-refractivity contribution in [3.8, 4) is 11.8 Å². The number of carboxylic acid groups (broad SMARTS) is 1. The van der Waals surface area contributed by atoms with Gasteiger partial charge in [-0.05, 0) is 40.8 Å². The fraction of sp³-hybridized carbons (Fsp3) is 0.182. The summed E-state index contributed by atoms with van der Waals surface area (Å²) in [5.74, 6) is -1.18. The van der Waals surface area contributed by atoms with E-state index in [-0.39, 0.29) is 18.7 Å². The first-order chi connectivity index (χ1) is 8.54. The molecule has 1 rings (SSSR count). The van der Waals surface area contributed by atoms with Gasteiger partial charge in [-0.3, -0.25) is 4.79 Å². The van der Waals surface area contributed by atoms with Gasteiger partial charge in [0.1, 0.15) is 12.3 Å². The van der Waals surface area contributed by atoms with Crippen molar-refractivity contribution in [2.45, 2.75) is 0 Å². The molecule has 6 nitrogen and oxygen atoms in total. The first kappa shape index (κ1) is 14.2. The maximum Gasteiger partial charge on any atom is 0.335 e. The molecule has 0 aliphatic carbocycles. The second-order valence-corrected chi connectivity index (χ2v) is 4.34. The Hall–Kier alpha value is -1.82. The predicted octanol–water partition coefficient (Wildman–Crippen LogP) is 1.01. The van der Waals surface area contributed by atoms with Crippen molar-refractivity contribution < 1.29 is 19.4 Å². The lowest BCUT2D eigenvalue weighted by Crippen LogP contribution is -2.29. The van der Waals surface area contributed by atoms with Crippen molar-refractivity contribution in [3.63, 3.8) is 0 Å². The zero-order valence-corrected chi connectivity index (χ0v) is 11.3. The molecule has 1 aromatic carbocycles. The molecule has 0 radical (unpaired) electrons. The summed E-state index contributed by atoms with van der Waals surface area (Å²) in [5, 5.41) is 19.4. The molecule has 0 fully saturated rings. The van der Waals surface area contributed by atoms with Gasteiger partial charge in [0.15, 0.2) is 6.61 Å². The Morgan fingerprint density at radius 1 is 1.50 bits per heavy atom. The molecule has 0 heterocycles. The van der Waals surface area contributed by atoms with E-state index < -0.39 is 11.9 Å². The van der Waals surface area contributed by atoms with Crippen LogP contribution in [0, 0.1) is 14.9 Å². The van der Waals surface area contributed by atoms with Crippen molar-refractivity contribution >= 4 is 34.5 Å². The minimum Gasteiger partial charge on any atom is -0.483 e. The maximum atomic E-state index is 11.2. The van der Waals surface area contributed by atoms with Gasteiger partial charge in [0.25, 0.3) is 5.91 Å². The lowest BCUT2D eigenvalue weighted by atomic mass is 10.2. The van der Waals surface area contributed by atoms with Crippen molar-refractivity contribution in [1.29, 1.82) is 5.26 Å². The molecule has 0 bridgehead atoms. The number of nitrogens with one attached hydrogen (secondary N) is 1. The molecule has 0 saturated heterocycles. The van der Waals surface area contributed by atoms with Gasteiger partial charge in [0.2, 0.25) is 0 Å². The molecule has 0 spiro atoms. The van der Waals surface area contributed by atoms with Crippen LogP contribution in [0.4, 0.5) is 0 Å². The Balaban J connectivity index is 2.67. The van der Waals surface area contributed by atoms with Crippen LogP contribution in [0.2, 0.25) is 0 Å². The summed E-state index contributed by atoms with van der Waals surface area (Å²) in [6.07, 6.45) is 0. The van der Waals surface area contributed by atoms with Gasteiger partial charge in [0.05, 0.1) is 15.2 Å². The van der Waals surface area contributed by atoms with Crippen LogP contribution in [0.15, 0.2) is 18.2 Å². The van der Waals surface area contributed by atoms with Gasteiger partial charge in [-0.2, -0.15) is 5.26 Å². The van der Waals surface area contributed by atoms with E-state index in [9.17, 15) is 9.59 Å². The molecule has 94 valence electrons. The second kappa shape index (κ2) is 6.80. The summed E-state index contributed by atoms with van der Waals surface area (Å²) >= 11 is 1.97. The number of carbonyl (C=O) groups is 2. The van der Waals surface area contributed by atoms with E-state index >= 15 is 0 Å². The van der Waals surface area contributed by atoms with E-state index in [1.165, 1.54) is 12.1 Å². The third kappa shape index (κ3) is 4.21. The van der Waals surface area contributed by atoms with Crippen LogP contribution in [0.3, 0.4) is 0 Å². The van der Waals surface area contributed by atoms with E-state index in [4.69, 9.17) is 15.1 Å². The fourth-order valence-corrected chi connectivity index (χ4v) is 1.57. The van der Waals surface area contributed by atoms with Gasteiger partial charge in [0, 0.05) is 0 Å². The van der Waals surface area contributed by atoms with Gasteiger partial charge in [-0.15, -0.1) is 0 Å². The van der Waals surface area contributed by atoms with Crippen LogP contribution in [0.25, 0.3) is 0 Å². The monoisotopic (exact) mass is 360 g/mol. The minimum absolute atomic E-state index is 0.0860. The number of benzene rings is 1. The molecule has 0 aliphatic heterocycles. The number of carbonyl (C=O) groups excluding carboxylic acids is 1. The van der Waals surface area contributed by atoms with Crippen molar-refractivity contribution in [2.24, 2.45) is 0 Å². The minimum atomic E-state index is -1.06. The third-order valence-electron chi connectivity index (χ3n) is 1.90. The normalized spacial score (nSPS) is 9.33. The highest BCUT2D eigenvalue weighted by molar-refractivity contribution is 14.1. The molecule has 0 aliphatic rings. The largest absolute Gasteiger partial charge is 0.483 e. The van der Waals surface area contributed by atoms with E-state index in [0.717, 1.165) is 0 Å². The second-order valence-electron chi connectivity index (χ2n) is 3.17. The van der Waals surface area contributed by atoms with Crippen LogP contribution in [-0.2, 0) is 4.79 Å². The molecule has 0 unspecified atom stereocenters. The lowest BCUT2D eigenvalue weighted by molar-refractivity contribution is -0.122. The van der Waals surface area contributed by atoms with Crippen LogP contribution < -0.4 is 10.1 Å². The van der Waals surface area contributed by atoms with Crippen molar-refractivity contribution in [1.82, 2.24) is 5.32 Å². The average molecular weight is 360 g/mol. The number of hydrogen-bond donors (Lipinski definition) is 2. The average Bonchev–Trinajstić information content (AvgIpc) is 2.35. The van der Waals surface area contributed by atoms with Crippen molar-refractivity contribution in [2.75, 3.05) is 13.2 Å². The Labute approximate surface area is 117 Å². The fourth-order valence-electron chi connectivity index (χ4n) is 1.08. The summed E-state index contributed by atoms with van der Waals surface area (Å²) in [4.78, 5) is 22.0. The summed E-state index contributed by atoms with van der Waals surface area (Å²) < 4.78 is 5.89. The number of hydrogen-bond acceptors (Lipinski definition) is 4. The summed E-state index contributed by atoms with van der Waals surface area (Å²) in [6, 6.07) is 6.16. The smallest absolute Gasteiger partial charge is 0.335 e. The van der Waals surface area contributed by atoms with Gasteiger partial charge in [-0.25, -0.2) is 4.79 Å². The zero-order valence-electron chi connectivity index (χ0n) is 9.14. The molecule has 1 amide bonds. The van der Waals surface area contributed by atoms with Crippen LogP contribution in [-0.4, -0.2) is 30.1 Å². The Morgan fingerprint density at radius 2 is 2.22 bits per heavy atom. The summed E-state index contributed by atoms with van der Waals surface area (Å²) in [5.41, 5.74) is 0.0860. The number of carboxylic acids is 1. The third-order valence-corrected chi connectivity index (χ3v) is 2.79. The highest BCUT2D eigenvalue weighted by Crippen LogP contribution is 2.22. The number of aromatic carboxylic acids is 1. The van der Waals surface area contributed by atoms with Crippen LogP contribution in [0.5, 0.6) is 5.75 Å². The predicted molar refractivity (Wildman–Crippen MR) is 70.2 cm³/mol. The Bertz CT molecular complexity index is 510. The Kier molecular flexibility index (Phi) is 5.38.